The quantitative estimate of drug-likeness (QED) is 0.746. The maximum atomic E-state index is 10.9. The van der Waals surface area contributed by atoms with Crippen LogP contribution in [0.1, 0.15) is 72.6 Å². The summed E-state index contributed by atoms with van der Waals surface area (Å²) >= 11 is 0. The molecule has 0 saturated heterocycles. The Hall–Kier alpha value is -0.340. The van der Waals surface area contributed by atoms with Gasteiger partial charge in [-0.15, -0.1) is 0 Å². The molecule has 0 bridgehead atoms. The Labute approximate surface area is 136 Å². The highest BCUT2D eigenvalue weighted by Crippen LogP contribution is 2.62. The van der Waals surface area contributed by atoms with Crippen LogP contribution < -0.4 is 0 Å². The molecule has 0 radical (unpaired) electrons. The van der Waals surface area contributed by atoms with Gasteiger partial charge in [-0.2, -0.15) is 0 Å². The lowest BCUT2D eigenvalue weighted by atomic mass is 9.48. The predicted molar refractivity (Wildman–Crippen MR) is 90.5 cm³/mol. The monoisotopic (exact) mass is 306 g/mol. The molecule has 3 rings (SSSR count). The van der Waals surface area contributed by atoms with Gasteiger partial charge < -0.3 is 10.2 Å². The van der Waals surface area contributed by atoms with Crippen molar-refractivity contribution in [3.8, 4) is 0 Å². The van der Waals surface area contributed by atoms with Crippen molar-refractivity contribution in [3.05, 3.63) is 11.1 Å². The first-order chi connectivity index (χ1) is 10.3. The van der Waals surface area contributed by atoms with E-state index in [1.807, 2.05) is 0 Å². The average molecular weight is 306 g/mol. The molecule has 0 aromatic heterocycles. The Morgan fingerprint density at radius 1 is 1.14 bits per heavy atom. The van der Waals surface area contributed by atoms with Crippen LogP contribution in [0, 0.1) is 28.6 Å². The molecule has 1 fully saturated rings. The van der Waals surface area contributed by atoms with Crippen LogP contribution in [0.2, 0.25) is 0 Å². The lowest BCUT2D eigenvalue weighted by Crippen LogP contribution is -2.50. The molecule has 0 aromatic rings. The Kier molecular flexibility index (Phi) is 4.23. The van der Waals surface area contributed by atoms with Gasteiger partial charge in [0.1, 0.15) is 0 Å². The van der Waals surface area contributed by atoms with Gasteiger partial charge in [-0.05, 0) is 72.7 Å². The number of aliphatic hydroxyl groups is 2. The molecule has 0 aromatic carbocycles. The first-order valence-corrected chi connectivity index (χ1v) is 9.35. The fourth-order valence-corrected chi connectivity index (χ4v) is 6.21. The zero-order valence-electron chi connectivity index (χ0n) is 14.9. The van der Waals surface area contributed by atoms with Crippen LogP contribution in [0.25, 0.3) is 0 Å². The molecule has 0 spiro atoms. The number of allylic oxidation sites excluding steroid dienone is 1. The van der Waals surface area contributed by atoms with Crippen molar-refractivity contribution in [3.63, 3.8) is 0 Å². The maximum Gasteiger partial charge on any atom is 0.0783 e. The maximum absolute atomic E-state index is 10.9. The number of aliphatic hydroxyl groups excluding tert-OH is 2. The molecule has 3 aliphatic carbocycles. The van der Waals surface area contributed by atoms with E-state index >= 15 is 0 Å². The summed E-state index contributed by atoms with van der Waals surface area (Å²) < 4.78 is 0. The summed E-state index contributed by atoms with van der Waals surface area (Å²) in [6, 6.07) is 0. The molecule has 22 heavy (non-hydrogen) atoms. The zero-order valence-corrected chi connectivity index (χ0v) is 14.9. The summed E-state index contributed by atoms with van der Waals surface area (Å²) in [5.74, 6) is 1.58. The van der Waals surface area contributed by atoms with E-state index in [9.17, 15) is 10.2 Å². The molecular weight excluding hydrogens is 272 g/mol. The molecule has 1 saturated carbocycles. The van der Waals surface area contributed by atoms with Gasteiger partial charge in [0.2, 0.25) is 0 Å². The van der Waals surface area contributed by atoms with Crippen LogP contribution in [0.4, 0.5) is 0 Å². The number of fused-ring (bicyclic) bond motifs is 2. The minimum Gasteiger partial charge on any atom is -0.396 e. The van der Waals surface area contributed by atoms with Crippen molar-refractivity contribution >= 4 is 0 Å². The fraction of sp³-hybridized carbons (Fsp3) is 0.900. The number of rotatable bonds is 2. The Bertz CT molecular complexity index is 466. The third-order valence-corrected chi connectivity index (χ3v) is 7.54. The van der Waals surface area contributed by atoms with Gasteiger partial charge in [0.05, 0.1) is 6.10 Å². The molecule has 2 nitrogen and oxygen atoms in total. The summed E-state index contributed by atoms with van der Waals surface area (Å²) in [4.78, 5) is 0. The van der Waals surface area contributed by atoms with E-state index in [1.54, 1.807) is 5.57 Å². The molecular formula is C20H34O2. The standard InChI is InChI=1S/C20H34O2/c1-13(2)14-6-8-16-15(18(14)22)7-9-17-19(3,12-21)10-5-11-20(16,17)4/h13-14,17-18,21-22H,5-12H2,1-4H3. The number of hydrogen-bond donors (Lipinski definition) is 2. The van der Waals surface area contributed by atoms with Crippen LogP contribution in [0.5, 0.6) is 0 Å². The second-order valence-corrected chi connectivity index (χ2v) is 9.07. The van der Waals surface area contributed by atoms with Crippen LogP contribution in [0.3, 0.4) is 0 Å². The van der Waals surface area contributed by atoms with E-state index in [0.29, 0.717) is 24.4 Å². The van der Waals surface area contributed by atoms with Gasteiger partial charge >= 0.3 is 0 Å². The summed E-state index contributed by atoms with van der Waals surface area (Å²) in [6.45, 7) is 9.53. The summed E-state index contributed by atoms with van der Waals surface area (Å²) in [5.41, 5.74) is 3.25. The third kappa shape index (κ3) is 2.29. The van der Waals surface area contributed by atoms with Gasteiger partial charge in [-0.25, -0.2) is 0 Å². The molecule has 126 valence electrons. The van der Waals surface area contributed by atoms with E-state index < -0.39 is 0 Å². The first-order valence-electron chi connectivity index (χ1n) is 9.35. The van der Waals surface area contributed by atoms with Crippen LogP contribution >= 0.6 is 0 Å². The molecule has 0 aliphatic heterocycles. The molecule has 2 N–H and O–H groups in total. The van der Waals surface area contributed by atoms with Gasteiger partial charge in [-0.3, -0.25) is 0 Å². The molecule has 0 amide bonds. The second kappa shape index (κ2) is 5.63. The fourth-order valence-electron chi connectivity index (χ4n) is 6.21. The lowest BCUT2D eigenvalue weighted by molar-refractivity contribution is -0.0470. The van der Waals surface area contributed by atoms with Gasteiger partial charge in [0.15, 0.2) is 0 Å². The van der Waals surface area contributed by atoms with Crippen molar-refractivity contribution in [2.75, 3.05) is 6.61 Å². The highest BCUT2D eigenvalue weighted by Gasteiger charge is 2.53. The van der Waals surface area contributed by atoms with E-state index in [2.05, 4.69) is 27.7 Å². The van der Waals surface area contributed by atoms with Gasteiger partial charge in [-0.1, -0.05) is 39.7 Å². The SMILES string of the molecule is CC(C)C1CCC2=C(CCC3C(C)(CO)CCCC23C)C1O. The van der Waals surface area contributed by atoms with Crippen molar-refractivity contribution in [2.45, 2.75) is 78.7 Å². The van der Waals surface area contributed by atoms with Gasteiger partial charge in [0, 0.05) is 6.61 Å². The van der Waals surface area contributed by atoms with E-state index in [0.717, 1.165) is 25.7 Å². The van der Waals surface area contributed by atoms with Crippen LogP contribution in [-0.4, -0.2) is 22.9 Å². The predicted octanol–water partition coefficient (Wildman–Crippen LogP) is 4.31. The Morgan fingerprint density at radius 3 is 2.50 bits per heavy atom. The summed E-state index contributed by atoms with van der Waals surface area (Å²) in [6.07, 6.45) is 7.90. The summed E-state index contributed by atoms with van der Waals surface area (Å²) in [5, 5.41) is 20.9. The van der Waals surface area contributed by atoms with E-state index in [1.165, 1.54) is 24.8 Å². The van der Waals surface area contributed by atoms with Crippen molar-refractivity contribution in [1.29, 1.82) is 0 Å². The van der Waals surface area contributed by atoms with Crippen molar-refractivity contribution < 1.29 is 10.2 Å². The second-order valence-electron chi connectivity index (χ2n) is 9.07. The van der Waals surface area contributed by atoms with Crippen LogP contribution in [-0.2, 0) is 0 Å². The van der Waals surface area contributed by atoms with Crippen molar-refractivity contribution in [1.82, 2.24) is 0 Å². The average Bonchev–Trinajstić information content (AvgIpc) is 2.47. The minimum absolute atomic E-state index is 0.0748. The Morgan fingerprint density at radius 2 is 1.86 bits per heavy atom. The molecule has 0 heterocycles. The Balaban J connectivity index is 1.98. The summed E-state index contributed by atoms with van der Waals surface area (Å²) in [7, 11) is 0. The largest absolute Gasteiger partial charge is 0.396 e. The first kappa shape index (κ1) is 16.5. The molecule has 2 heteroatoms. The smallest absolute Gasteiger partial charge is 0.0783 e. The normalized spacial score (nSPS) is 45.7. The zero-order chi connectivity index (χ0) is 16.1. The van der Waals surface area contributed by atoms with E-state index in [4.69, 9.17) is 0 Å². The topological polar surface area (TPSA) is 40.5 Å². The van der Waals surface area contributed by atoms with Gasteiger partial charge in [0.25, 0.3) is 0 Å². The minimum atomic E-state index is -0.219. The third-order valence-electron chi connectivity index (χ3n) is 7.54. The molecule has 5 unspecified atom stereocenters. The lowest BCUT2D eigenvalue weighted by Gasteiger charge is -2.57. The van der Waals surface area contributed by atoms with Crippen LogP contribution in [0.15, 0.2) is 11.1 Å². The van der Waals surface area contributed by atoms with E-state index in [-0.39, 0.29) is 16.9 Å². The highest BCUT2D eigenvalue weighted by atomic mass is 16.3. The van der Waals surface area contributed by atoms with Crippen molar-refractivity contribution in [2.24, 2.45) is 28.6 Å². The number of hydrogen-bond acceptors (Lipinski definition) is 2. The molecule has 5 atom stereocenters. The highest BCUT2D eigenvalue weighted by molar-refractivity contribution is 5.33. The molecule has 3 aliphatic rings.